The van der Waals surface area contributed by atoms with E-state index in [0.717, 1.165) is 0 Å². The standard InChI is InChI=1S/C10H15N3O2/c1-3-12-10(14)7(2)15-8-5-4-6-13-9(8)11/h4-7H,3H2,1-2H3,(H2,11,13)(H,12,14). The number of rotatable bonds is 4. The fraction of sp³-hybridized carbons (Fsp3) is 0.400. The molecule has 0 aliphatic rings. The van der Waals surface area contributed by atoms with Crippen LogP contribution in [0.25, 0.3) is 0 Å². The van der Waals surface area contributed by atoms with Crippen LogP contribution >= 0.6 is 0 Å². The lowest BCUT2D eigenvalue weighted by Gasteiger charge is -2.14. The summed E-state index contributed by atoms with van der Waals surface area (Å²) in [4.78, 5) is 15.2. The number of likely N-dealkylation sites (N-methyl/N-ethyl adjacent to an activating group) is 1. The first-order chi connectivity index (χ1) is 7.15. The number of aromatic nitrogens is 1. The molecule has 0 aliphatic carbocycles. The van der Waals surface area contributed by atoms with E-state index in [1.165, 1.54) is 0 Å². The van der Waals surface area contributed by atoms with Crippen LogP contribution in [0.4, 0.5) is 5.82 Å². The van der Waals surface area contributed by atoms with Crippen molar-refractivity contribution in [2.24, 2.45) is 0 Å². The van der Waals surface area contributed by atoms with Crippen LogP contribution in [0.3, 0.4) is 0 Å². The number of nitrogen functional groups attached to an aromatic ring is 1. The van der Waals surface area contributed by atoms with Crippen molar-refractivity contribution in [3.63, 3.8) is 0 Å². The average Bonchev–Trinajstić information content (AvgIpc) is 2.21. The number of amides is 1. The maximum Gasteiger partial charge on any atom is 0.260 e. The fourth-order valence-corrected chi connectivity index (χ4v) is 1.06. The maximum absolute atomic E-state index is 11.4. The third-order valence-electron chi connectivity index (χ3n) is 1.82. The summed E-state index contributed by atoms with van der Waals surface area (Å²) >= 11 is 0. The number of carbonyl (C=O) groups is 1. The van der Waals surface area contributed by atoms with Gasteiger partial charge in [0.25, 0.3) is 5.91 Å². The van der Waals surface area contributed by atoms with Crippen molar-refractivity contribution in [2.45, 2.75) is 20.0 Å². The van der Waals surface area contributed by atoms with E-state index in [0.29, 0.717) is 12.3 Å². The fourth-order valence-electron chi connectivity index (χ4n) is 1.06. The van der Waals surface area contributed by atoms with Gasteiger partial charge in [-0.2, -0.15) is 0 Å². The molecule has 3 N–H and O–H groups in total. The monoisotopic (exact) mass is 209 g/mol. The Morgan fingerprint density at radius 1 is 1.73 bits per heavy atom. The molecule has 0 aliphatic heterocycles. The van der Waals surface area contributed by atoms with Crippen molar-refractivity contribution in [3.05, 3.63) is 18.3 Å². The van der Waals surface area contributed by atoms with Gasteiger partial charge in [0.1, 0.15) is 0 Å². The normalized spacial score (nSPS) is 11.9. The van der Waals surface area contributed by atoms with Crippen molar-refractivity contribution in [1.82, 2.24) is 10.3 Å². The van der Waals surface area contributed by atoms with Gasteiger partial charge in [-0.1, -0.05) is 0 Å². The molecular formula is C10H15N3O2. The van der Waals surface area contributed by atoms with Crippen LogP contribution in [0.5, 0.6) is 5.75 Å². The largest absolute Gasteiger partial charge is 0.477 e. The van der Waals surface area contributed by atoms with Crippen LogP contribution in [0.15, 0.2) is 18.3 Å². The molecule has 5 nitrogen and oxygen atoms in total. The molecule has 0 fully saturated rings. The highest BCUT2D eigenvalue weighted by molar-refractivity contribution is 5.80. The number of carbonyl (C=O) groups excluding carboxylic acids is 1. The summed E-state index contributed by atoms with van der Waals surface area (Å²) in [5.74, 6) is 0.547. The average molecular weight is 209 g/mol. The summed E-state index contributed by atoms with van der Waals surface area (Å²) in [5.41, 5.74) is 5.58. The second-order valence-corrected chi connectivity index (χ2v) is 3.04. The second kappa shape index (κ2) is 5.19. The highest BCUT2D eigenvalue weighted by Crippen LogP contribution is 2.18. The van der Waals surface area contributed by atoms with Crippen LogP contribution in [-0.2, 0) is 4.79 Å². The zero-order valence-electron chi connectivity index (χ0n) is 8.86. The molecule has 0 bridgehead atoms. The zero-order chi connectivity index (χ0) is 11.3. The second-order valence-electron chi connectivity index (χ2n) is 3.04. The van der Waals surface area contributed by atoms with E-state index in [4.69, 9.17) is 10.5 Å². The molecule has 0 saturated carbocycles. The third kappa shape index (κ3) is 3.12. The summed E-state index contributed by atoms with van der Waals surface area (Å²) in [6, 6.07) is 3.38. The molecule has 0 aromatic carbocycles. The first-order valence-electron chi connectivity index (χ1n) is 4.80. The van der Waals surface area contributed by atoms with Crippen molar-refractivity contribution < 1.29 is 9.53 Å². The summed E-state index contributed by atoms with van der Waals surface area (Å²) in [6.45, 7) is 4.09. The lowest BCUT2D eigenvalue weighted by atomic mass is 10.3. The minimum Gasteiger partial charge on any atom is -0.477 e. The van der Waals surface area contributed by atoms with E-state index in [1.54, 1.807) is 25.3 Å². The molecule has 1 unspecified atom stereocenters. The number of anilines is 1. The third-order valence-corrected chi connectivity index (χ3v) is 1.82. The van der Waals surface area contributed by atoms with Crippen LogP contribution in [0, 0.1) is 0 Å². The van der Waals surface area contributed by atoms with Gasteiger partial charge in [-0.15, -0.1) is 0 Å². The number of nitrogens with two attached hydrogens (primary N) is 1. The first kappa shape index (κ1) is 11.3. The Kier molecular flexibility index (Phi) is 3.91. The molecule has 15 heavy (non-hydrogen) atoms. The summed E-state index contributed by atoms with van der Waals surface area (Å²) < 4.78 is 5.36. The Labute approximate surface area is 88.6 Å². The van der Waals surface area contributed by atoms with Crippen molar-refractivity contribution >= 4 is 11.7 Å². The Morgan fingerprint density at radius 2 is 2.47 bits per heavy atom. The smallest absolute Gasteiger partial charge is 0.260 e. The molecule has 0 radical (unpaired) electrons. The molecule has 1 aromatic rings. The number of pyridine rings is 1. The van der Waals surface area contributed by atoms with E-state index in [9.17, 15) is 4.79 Å². The van der Waals surface area contributed by atoms with E-state index in [2.05, 4.69) is 10.3 Å². The molecule has 1 atom stereocenters. The lowest BCUT2D eigenvalue weighted by molar-refractivity contribution is -0.127. The minimum atomic E-state index is -0.573. The van der Waals surface area contributed by atoms with Crippen LogP contribution in [0.2, 0.25) is 0 Å². The van der Waals surface area contributed by atoms with Crippen molar-refractivity contribution in [1.29, 1.82) is 0 Å². The topological polar surface area (TPSA) is 77.2 Å². The van der Waals surface area contributed by atoms with Crippen molar-refractivity contribution in [2.75, 3.05) is 12.3 Å². The lowest BCUT2D eigenvalue weighted by Crippen LogP contribution is -2.36. The number of nitrogens with one attached hydrogen (secondary N) is 1. The maximum atomic E-state index is 11.4. The number of hydrogen-bond donors (Lipinski definition) is 2. The minimum absolute atomic E-state index is 0.166. The van der Waals surface area contributed by atoms with E-state index in [-0.39, 0.29) is 11.7 Å². The molecule has 0 spiro atoms. The first-order valence-corrected chi connectivity index (χ1v) is 4.80. The molecule has 82 valence electrons. The summed E-state index contributed by atoms with van der Waals surface area (Å²) in [6.07, 6.45) is 0.996. The predicted molar refractivity (Wildman–Crippen MR) is 57.4 cm³/mol. The van der Waals surface area contributed by atoms with E-state index < -0.39 is 6.10 Å². The van der Waals surface area contributed by atoms with Crippen molar-refractivity contribution in [3.8, 4) is 5.75 Å². The van der Waals surface area contributed by atoms with Gasteiger partial charge >= 0.3 is 0 Å². The Hall–Kier alpha value is -1.78. The van der Waals surface area contributed by atoms with Gasteiger partial charge in [0.15, 0.2) is 17.7 Å². The predicted octanol–water partition coefficient (Wildman–Crippen LogP) is 0.567. The molecule has 5 heteroatoms. The molecule has 1 amide bonds. The van der Waals surface area contributed by atoms with Crippen LogP contribution < -0.4 is 15.8 Å². The van der Waals surface area contributed by atoms with Gasteiger partial charge in [-0.05, 0) is 26.0 Å². The molecule has 1 aromatic heterocycles. The zero-order valence-corrected chi connectivity index (χ0v) is 8.86. The Balaban J connectivity index is 2.62. The quantitative estimate of drug-likeness (QED) is 0.759. The Morgan fingerprint density at radius 3 is 3.07 bits per heavy atom. The molecule has 1 rings (SSSR count). The van der Waals surface area contributed by atoms with Crippen LogP contribution in [0.1, 0.15) is 13.8 Å². The van der Waals surface area contributed by atoms with Gasteiger partial charge < -0.3 is 15.8 Å². The number of ether oxygens (including phenoxy) is 1. The SMILES string of the molecule is CCNC(=O)C(C)Oc1cccnc1N. The molecular weight excluding hydrogens is 194 g/mol. The van der Waals surface area contributed by atoms with Gasteiger partial charge in [-0.3, -0.25) is 4.79 Å². The summed E-state index contributed by atoms with van der Waals surface area (Å²) in [7, 11) is 0. The van der Waals surface area contributed by atoms with Gasteiger partial charge in [0.05, 0.1) is 0 Å². The highest BCUT2D eigenvalue weighted by atomic mass is 16.5. The number of nitrogens with zero attached hydrogens (tertiary/aromatic N) is 1. The molecule has 1 heterocycles. The van der Waals surface area contributed by atoms with Crippen LogP contribution in [-0.4, -0.2) is 23.5 Å². The van der Waals surface area contributed by atoms with Gasteiger partial charge in [-0.25, -0.2) is 4.98 Å². The number of hydrogen-bond acceptors (Lipinski definition) is 4. The van der Waals surface area contributed by atoms with E-state index in [1.807, 2.05) is 6.92 Å². The van der Waals surface area contributed by atoms with E-state index >= 15 is 0 Å². The van der Waals surface area contributed by atoms with Gasteiger partial charge in [0.2, 0.25) is 0 Å². The summed E-state index contributed by atoms with van der Waals surface area (Å²) in [5, 5.41) is 2.66. The van der Waals surface area contributed by atoms with Gasteiger partial charge in [0, 0.05) is 12.7 Å². The highest BCUT2D eigenvalue weighted by Gasteiger charge is 2.14. The Bertz CT molecular complexity index is 341. The molecule has 0 saturated heterocycles.